The second kappa shape index (κ2) is 6.58. The van der Waals surface area contributed by atoms with Crippen LogP contribution < -0.4 is 16.4 Å². The van der Waals surface area contributed by atoms with Crippen LogP contribution in [0.2, 0.25) is 0 Å². The molecule has 0 amide bonds. The number of nitrogens with two attached hydrogens (primary N) is 1. The lowest BCUT2D eigenvalue weighted by Gasteiger charge is -2.11. The number of hydrogen-bond donors (Lipinski definition) is 3. The zero-order valence-electron chi connectivity index (χ0n) is 11.0. The predicted octanol–water partition coefficient (Wildman–Crippen LogP) is 1.19. The monoisotopic (exact) mass is 261 g/mol. The second-order valence-electron chi connectivity index (χ2n) is 4.10. The Morgan fingerprint density at radius 2 is 2.05 bits per heavy atom. The predicted molar refractivity (Wildman–Crippen MR) is 75.9 cm³/mol. The van der Waals surface area contributed by atoms with Crippen LogP contribution in [0.5, 0.6) is 0 Å². The minimum atomic E-state index is 0.562. The molecule has 0 saturated carbocycles. The maximum atomic E-state index is 5.98. The molecule has 0 aliphatic carbocycles. The molecule has 0 aliphatic rings. The first-order chi connectivity index (χ1) is 9.31. The molecular weight excluding hydrogens is 242 g/mol. The Morgan fingerprint density at radius 1 is 1.26 bits per heavy atom. The fraction of sp³-hybridized carbons (Fsp3) is 0.417. The van der Waals surface area contributed by atoms with Gasteiger partial charge < -0.3 is 20.9 Å². The van der Waals surface area contributed by atoms with Crippen molar-refractivity contribution in [3.8, 4) is 0 Å². The molecule has 19 heavy (non-hydrogen) atoms. The zero-order chi connectivity index (χ0) is 13.5. The lowest BCUT2D eigenvalue weighted by Crippen LogP contribution is -2.11. The standard InChI is InChI=1S/C12H19N7/c1-2-15-11-10(13)12(18-8-17-11)16-4-3-6-19-7-5-14-9-19/h5,7-9H,2-4,6,13H2,1H3,(H2,15,16,17,18). The number of aryl methyl sites for hydroxylation is 1. The van der Waals surface area contributed by atoms with E-state index in [1.165, 1.54) is 6.33 Å². The number of aromatic nitrogens is 4. The van der Waals surface area contributed by atoms with Gasteiger partial charge in [0.1, 0.15) is 12.0 Å². The van der Waals surface area contributed by atoms with Crippen LogP contribution in [0.1, 0.15) is 13.3 Å². The normalized spacial score (nSPS) is 10.4. The van der Waals surface area contributed by atoms with E-state index < -0.39 is 0 Å². The maximum absolute atomic E-state index is 5.98. The minimum absolute atomic E-state index is 0.562. The first kappa shape index (κ1) is 13.1. The number of nitrogen functional groups attached to an aromatic ring is 1. The van der Waals surface area contributed by atoms with Gasteiger partial charge in [-0.15, -0.1) is 0 Å². The van der Waals surface area contributed by atoms with Gasteiger partial charge in [-0.1, -0.05) is 0 Å². The largest absolute Gasteiger partial charge is 0.393 e. The van der Waals surface area contributed by atoms with Gasteiger partial charge in [-0.25, -0.2) is 15.0 Å². The highest BCUT2D eigenvalue weighted by atomic mass is 15.1. The Kier molecular flexibility index (Phi) is 4.54. The third-order valence-electron chi connectivity index (χ3n) is 2.67. The molecular formula is C12H19N7. The fourth-order valence-corrected chi connectivity index (χ4v) is 1.73. The first-order valence-corrected chi connectivity index (χ1v) is 6.35. The summed E-state index contributed by atoms with van der Waals surface area (Å²) in [6.07, 6.45) is 8.01. The molecule has 0 unspecified atom stereocenters. The van der Waals surface area contributed by atoms with Gasteiger partial charge >= 0.3 is 0 Å². The molecule has 2 heterocycles. The third-order valence-corrected chi connectivity index (χ3v) is 2.67. The molecule has 7 nitrogen and oxygen atoms in total. The highest BCUT2D eigenvalue weighted by Gasteiger charge is 2.06. The lowest BCUT2D eigenvalue weighted by molar-refractivity contribution is 0.660. The van der Waals surface area contributed by atoms with Crippen molar-refractivity contribution in [1.29, 1.82) is 0 Å². The van der Waals surface area contributed by atoms with Crippen molar-refractivity contribution in [3.63, 3.8) is 0 Å². The molecule has 0 bridgehead atoms. The molecule has 0 radical (unpaired) electrons. The van der Waals surface area contributed by atoms with Crippen LogP contribution in [0.25, 0.3) is 0 Å². The minimum Gasteiger partial charge on any atom is -0.393 e. The molecule has 2 aromatic rings. The molecule has 0 aromatic carbocycles. The van der Waals surface area contributed by atoms with E-state index in [4.69, 9.17) is 5.73 Å². The molecule has 2 rings (SSSR count). The molecule has 4 N–H and O–H groups in total. The topological polar surface area (TPSA) is 93.7 Å². The van der Waals surface area contributed by atoms with Crippen LogP contribution in [0.4, 0.5) is 17.3 Å². The number of nitrogens with one attached hydrogen (secondary N) is 2. The third kappa shape index (κ3) is 3.57. The van der Waals surface area contributed by atoms with Gasteiger partial charge in [-0.2, -0.15) is 0 Å². The molecule has 7 heteroatoms. The number of imidazole rings is 1. The van der Waals surface area contributed by atoms with Crippen molar-refractivity contribution < 1.29 is 0 Å². The Labute approximate surface area is 112 Å². The fourth-order valence-electron chi connectivity index (χ4n) is 1.73. The van der Waals surface area contributed by atoms with E-state index in [-0.39, 0.29) is 0 Å². The van der Waals surface area contributed by atoms with Gasteiger partial charge in [0.05, 0.1) is 6.33 Å². The Hall–Kier alpha value is -2.31. The second-order valence-corrected chi connectivity index (χ2v) is 4.10. The van der Waals surface area contributed by atoms with Gasteiger partial charge in [-0.05, 0) is 13.3 Å². The first-order valence-electron chi connectivity index (χ1n) is 6.35. The summed E-state index contributed by atoms with van der Waals surface area (Å²) < 4.78 is 2.04. The van der Waals surface area contributed by atoms with Gasteiger partial charge in [0.2, 0.25) is 0 Å². The van der Waals surface area contributed by atoms with Gasteiger partial charge in [-0.3, -0.25) is 0 Å². The van der Waals surface area contributed by atoms with Crippen molar-refractivity contribution in [2.45, 2.75) is 19.9 Å². The zero-order valence-corrected chi connectivity index (χ0v) is 11.0. The summed E-state index contributed by atoms with van der Waals surface area (Å²) in [5.41, 5.74) is 6.54. The van der Waals surface area contributed by atoms with Crippen molar-refractivity contribution in [2.75, 3.05) is 29.5 Å². The summed E-state index contributed by atoms with van der Waals surface area (Å²) in [7, 11) is 0. The van der Waals surface area contributed by atoms with E-state index in [2.05, 4.69) is 25.6 Å². The molecule has 0 saturated heterocycles. The molecule has 102 valence electrons. The molecule has 0 aliphatic heterocycles. The average Bonchev–Trinajstić information content (AvgIpc) is 2.92. The van der Waals surface area contributed by atoms with Gasteiger partial charge in [0, 0.05) is 32.0 Å². The SMILES string of the molecule is CCNc1ncnc(NCCCn2ccnc2)c1N. The highest BCUT2D eigenvalue weighted by molar-refractivity contribution is 5.73. The van der Waals surface area contributed by atoms with Gasteiger partial charge in [0.25, 0.3) is 0 Å². The van der Waals surface area contributed by atoms with Crippen LogP contribution in [0.3, 0.4) is 0 Å². The van der Waals surface area contributed by atoms with E-state index >= 15 is 0 Å². The van der Waals surface area contributed by atoms with Crippen LogP contribution >= 0.6 is 0 Å². The van der Waals surface area contributed by atoms with E-state index in [1.807, 2.05) is 24.0 Å². The van der Waals surface area contributed by atoms with Crippen molar-refractivity contribution in [2.24, 2.45) is 0 Å². The lowest BCUT2D eigenvalue weighted by atomic mass is 10.3. The summed E-state index contributed by atoms with van der Waals surface area (Å²) in [5.74, 6) is 1.35. The van der Waals surface area contributed by atoms with E-state index in [1.54, 1.807) is 6.20 Å². The van der Waals surface area contributed by atoms with Crippen molar-refractivity contribution in [1.82, 2.24) is 19.5 Å². The summed E-state index contributed by atoms with van der Waals surface area (Å²) in [4.78, 5) is 12.2. The highest BCUT2D eigenvalue weighted by Crippen LogP contribution is 2.21. The quantitative estimate of drug-likeness (QED) is 0.648. The number of hydrogen-bond acceptors (Lipinski definition) is 6. The average molecular weight is 261 g/mol. The molecule has 0 spiro atoms. The summed E-state index contributed by atoms with van der Waals surface area (Å²) >= 11 is 0. The molecule has 0 fully saturated rings. The number of rotatable bonds is 7. The van der Waals surface area contributed by atoms with Crippen LogP contribution in [0, 0.1) is 0 Å². The smallest absolute Gasteiger partial charge is 0.154 e. The maximum Gasteiger partial charge on any atom is 0.154 e. The van der Waals surface area contributed by atoms with E-state index in [9.17, 15) is 0 Å². The van der Waals surface area contributed by atoms with E-state index in [0.29, 0.717) is 17.3 Å². The summed E-state index contributed by atoms with van der Waals surface area (Å²) in [6, 6.07) is 0. The van der Waals surface area contributed by atoms with Crippen LogP contribution in [-0.4, -0.2) is 32.6 Å². The van der Waals surface area contributed by atoms with Crippen molar-refractivity contribution >= 4 is 17.3 Å². The molecule has 0 atom stereocenters. The Morgan fingerprint density at radius 3 is 2.74 bits per heavy atom. The van der Waals surface area contributed by atoms with Crippen LogP contribution in [0.15, 0.2) is 25.0 Å². The Balaban J connectivity index is 1.83. The summed E-state index contributed by atoms with van der Waals surface area (Å²) in [5, 5.41) is 6.32. The van der Waals surface area contributed by atoms with Crippen LogP contribution in [-0.2, 0) is 6.54 Å². The summed E-state index contributed by atoms with van der Waals surface area (Å²) in [6.45, 7) is 4.49. The number of anilines is 3. The van der Waals surface area contributed by atoms with E-state index in [0.717, 1.165) is 26.1 Å². The number of nitrogens with zero attached hydrogens (tertiary/aromatic N) is 4. The molecule has 2 aromatic heterocycles. The Bertz CT molecular complexity index is 495. The van der Waals surface area contributed by atoms with Gasteiger partial charge in [0.15, 0.2) is 11.6 Å². The van der Waals surface area contributed by atoms with Crippen molar-refractivity contribution in [3.05, 3.63) is 25.0 Å².